The van der Waals surface area contributed by atoms with Crippen molar-refractivity contribution in [3.8, 4) is 0 Å². The van der Waals surface area contributed by atoms with Crippen LogP contribution in [-0.2, 0) is 6.42 Å². The Kier molecular flexibility index (Phi) is 3.94. The summed E-state index contributed by atoms with van der Waals surface area (Å²) < 4.78 is 12.1. The van der Waals surface area contributed by atoms with E-state index in [0.717, 1.165) is 6.54 Å². The summed E-state index contributed by atoms with van der Waals surface area (Å²) in [6.45, 7) is 2.83. The number of alkyl halides is 1. The molecule has 0 aromatic heterocycles. The molecule has 1 aromatic rings. The molecule has 88 valence electrons. The Hall–Kier alpha value is -0.890. The molecule has 0 heterocycles. The first-order valence-electron chi connectivity index (χ1n) is 6.20. The molecule has 0 spiro atoms. The van der Waals surface area contributed by atoms with Crippen LogP contribution in [-0.4, -0.2) is 13.2 Å². The summed E-state index contributed by atoms with van der Waals surface area (Å²) in [5, 5.41) is 3.49. The minimum atomic E-state index is -0.226. The molecule has 0 saturated carbocycles. The smallest absolute Gasteiger partial charge is 0.0906 e. The Balaban J connectivity index is 2.10. The highest BCUT2D eigenvalue weighted by atomic mass is 19.1. The highest BCUT2D eigenvalue weighted by Crippen LogP contribution is 2.33. The number of benzene rings is 1. The van der Waals surface area contributed by atoms with Crippen molar-refractivity contribution in [2.75, 3.05) is 13.2 Å². The molecule has 16 heavy (non-hydrogen) atoms. The SMILES string of the molecule is CC1CCc2ccccc2C1NCCCF. The second-order valence-electron chi connectivity index (χ2n) is 4.69. The molecule has 1 nitrogen and oxygen atoms in total. The molecule has 1 aliphatic rings. The van der Waals surface area contributed by atoms with E-state index in [4.69, 9.17) is 0 Å². The van der Waals surface area contributed by atoms with Crippen LogP contribution < -0.4 is 5.32 Å². The molecule has 2 heteroatoms. The van der Waals surface area contributed by atoms with Crippen molar-refractivity contribution in [3.05, 3.63) is 35.4 Å². The van der Waals surface area contributed by atoms with Gasteiger partial charge in [0.1, 0.15) is 0 Å². The molecule has 2 unspecified atom stereocenters. The third-order valence-corrected chi connectivity index (χ3v) is 3.50. The topological polar surface area (TPSA) is 12.0 Å². The molecule has 0 saturated heterocycles. The van der Waals surface area contributed by atoms with Crippen LogP contribution in [0.15, 0.2) is 24.3 Å². The third kappa shape index (κ3) is 2.43. The zero-order valence-electron chi connectivity index (χ0n) is 9.88. The molecule has 2 atom stereocenters. The van der Waals surface area contributed by atoms with Crippen LogP contribution >= 0.6 is 0 Å². The fourth-order valence-corrected chi connectivity index (χ4v) is 2.56. The summed E-state index contributed by atoms with van der Waals surface area (Å²) in [6.07, 6.45) is 3.02. The Morgan fingerprint density at radius 1 is 1.38 bits per heavy atom. The van der Waals surface area contributed by atoms with Gasteiger partial charge in [0.2, 0.25) is 0 Å². The molecule has 0 amide bonds. The molecule has 1 aromatic carbocycles. The monoisotopic (exact) mass is 221 g/mol. The Bertz CT molecular complexity index is 337. The lowest BCUT2D eigenvalue weighted by Gasteiger charge is -2.32. The van der Waals surface area contributed by atoms with Crippen LogP contribution in [0.1, 0.15) is 36.9 Å². The van der Waals surface area contributed by atoms with Gasteiger partial charge >= 0.3 is 0 Å². The van der Waals surface area contributed by atoms with E-state index in [1.54, 1.807) is 0 Å². The maximum atomic E-state index is 12.1. The Morgan fingerprint density at radius 2 is 2.19 bits per heavy atom. The van der Waals surface area contributed by atoms with Gasteiger partial charge in [-0.25, -0.2) is 0 Å². The summed E-state index contributed by atoms with van der Waals surface area (Å²) in [4.78, 5) is 0. The van der Waals surface area contributed by atoms with Crippen LogP contribution in [0, 0.1) is 5.92 Å². The molecule has 0 fully saturated rings. The van der Waals surface area contributed by atoms with E-state index in [-0.39, 0.29) is 6.67 Å². The first-order valence-corrected chi connectivity index (χ1v) is 6.20. The lowest BCUT2D eigenvalue weighted by Crippen LogP contribution is -2.31. The number of nitrogens with one attached hydrogen (secondary N) is 1. The van der Waals surface area contributed by atoms with Gasteiger partial charge in [-0.2, -0.15) is 0 Å². The first kappa shape index (κ1) is 11.6. The molecule has 1 N–H and O–H groups in total. The lowest BCUT2D eigenvalue weighted by atomic mass is 9.81. The van der Waals surface area contributed by atoms with E-state index in [0.29, 0.717) is 18.4 Å². The summed E-state index contributed by atoms with van der Waals surface area (Å²) in [7, 11) is 0. The molecule has 0 bridgehead atoms. The van der Waals surface area contributed by atoms with E-state index in [1.807, 2.05) is 0 Å². The molecule has 0 aliphatic heterocycles. The number of fused-ring (bicyclic) bond motifs is 1. The van der Waals surface area contributed by atoms with E-state index < -0.39 is 0 Å². The molecular formula is C14H20FN. The second-order valence-corrected chi connectivity index (χ2v) is 4.69. The predicted octanol–water partition coefficient (Wildman–Crippen LogP) is 3.26. The largest absolute Gasteiger partial charge is 0.310 e. The van der Waals surface area contributed by atoms with Crippen molar-refractivity contribution >= 4 is 0 Å². The fraction of sp³-hybridized carbons (Fsp3) is 0.571. The fourth-order valence-electron chi connectivity index (χ4n) is 2.56. The summed E-state index contributed by atoms with van der Waals surface area (Å²) >= 11 is 0. The normalized spacial score (nSPS) is 24.1. The predicted molar refractivity (Wildman–Crippen MR) is 65.3 cm³/mol. The maximum absolute atomic E-state index is 12.1. The van der Waals surface area contributed by atoms with Crippen molar-refractivity contribution in [2.24, 2.45) is 5.92 Å². The van der Waals surface area contributed by atoms with Crippen LogP contribution in [0.2, 0.25) is 0 Å². The zero-order valence-corrected chi connectivity index (χ0v) is 9.88. The quantitative estimate of drug-likeness (QED) is 0.769. The lowest BCUT2D eigenvalue weighted by molar-refractivity contribution is 0.335. The van der Waals surface area contributed by atoms with E-state index in [1.165, 1.54) is 24.0 Å². The number of halogens is 1. The van der Waals surface area contributed by atoms with Gasteiger partial charge < -0.3 is 5.32 Å². The van der Waals surface area contributed by atoms with Crippen LogP contribution in [0.3, 0.4) is 0 Å². The van der Waals surface area contributed by atoms with Gasteiger partial charge in [-0.1, -0.05) is 31.2 Å². The van der Waals surface area contributed by atoms with Crippen LogP contribution in [0.4, 0.5) is 4.39 Å². The Morgan fingerprint density at radius 3 is 3.00 bits per heavy atom. The Labute approximate surface area is 97.1 Å². The molecular weight excluding hydrogens is 201 g/mol. The van der Waals surface area contributed by atoms with E-state index >= 15 is 0 Å². The number of hydrogen-bond acceptors (Lipinski definition) is 1. The van der Waals surface area contributed by atoms with Crippen molar-refractivity contribution in [3.63, 3.8) is 0 Å². The van der Waals surface area contributed by atoms with Gasteiger partial charge in [-0.3, -0.25) is 4.39 Å². The summed E-state index contributed by atoms with van der Waals surface area (Å²) in [6, 6.07) is 9.04. The van der Waals surface area contributed by atoms with Crippen molar-refractivity contribution < 1.29 is 4.39 Å². The highest BCUT2D eigenvalue weighted by molar-refractivity contribution is 5.32. The minimum absolute atomic E-state index is 0.226. The van der Waals surface area contributed by atoms with Crippen molar-refractivity contribution in [1.29, 1.82) is 0 Å². The van der Waals surface area contributed by atoms with Gasteiger partial charge in [0.25, 0.3) is 0 Å². The third-order valence-electron chi connectivity index (χ3n) is 3.50. The molecule has 2 rings (SSSR count). The average Bonchev–Trinajstić information content (AvgIpc) is 2.32. The number of hydrogen-bond donors (Lipinski definition) is 1. The van der Waals surface area contributed by atoms with Gasteiger partial charge in [-0.05, 0) is 42.9 Å². The zero-order chi connectivity index (χ0) is 11.4. The van der Waals surface area contributed by atoms with Gasteiger partial charge in [0, 0.05) is 6.04 Å². The highest BCUT2D eigenvalue weighted by Gasteiger charge is 2.25. The number of aryl methyl sites for hydroxylation is 1. The minimum Gasteiger partial charge on any atom is -0.310 e. The summed E-state index contributed by atoms with van der Waals surface area (Å²) in [5.74, 6) is 0.648. The van der Waals surface area contributed by atoms with Crippen LogP contribution in [0.5, 0.6) is 0 Å². The number of rotatable bonds is 4. The average molecular weight is 221 g/mol. The maximum Gasteiger partial charge on any atom is 0.0906 e. The van der Waals surface area contributed by atoms with Gasteiger partial charge in [-0.15, -0.1) is 0 Å². The second kappa shape index (κ2) is 5.44. The van der Waals surface area contributed by atoms with Crippen molar-refractivity contribution in [1.82, 2.24) is 5.32 Å². The van der Waals surface area contributed by atoms with Crippen LogP contribution in [0.25, 0.3) is 0 Å². The standard InChI is InChI=1S/C14H20FN/c1-11-7-8-12-5-2-3-6-13(12)14(11)16-10-4-9-15/h2-3,5-6,11,14,16H,4,7-10H2,1H3. The van der Waals surface area contributed by atoms with Gasteiger partial charge in [0.05, 0.1) is 6.67 Å². The van der Waals surface area contributed by atoms with Crippen molar-refractivity contribution in [2.45, 2.75) is 32.2 Å². The van der Waals surface area contributed by atoms with E-state index in [9.17, 15) is 4.39 Å². The molecule has 0 radical (unpaired) electrons. The molecule has 1 aliphatic carbocycles. The van der Waals surface area contributed by atoms with E-state index in [2.05, 4.69) is 36.5 Å². The van der Waals surface area contributed by atoms with Gasteiger partial charge in [0.15, 0.2) is 0 Å². The summed E-state index contributed by atoms with van der Waals surface area (Å²) in [5.41, 5.74) is 2.87. The first-order chi connectivity index (χ1) is 7.83.